The molecule has 0 unspecified atom stereocenters. The van der Waals surface area contributed by atoms with Crippen LogP contribution in [0.2, 0.25) is 0 Å². The molecule has 4 aromatic carbocycles. The maximum Gasteiger partial charge on any atom is 0.262 e. The Morgan fingerprint density at radius 2 is 1.52 bits per heavy atom. The Balaban J connectivity index is 1.22. The third-order valence-electron chi connectivity index (χ3n) is 5.42. The van der Waals surface area contributed by atoms with Gasteiger partial charge in [-0.25, -0.2) is 0 Å². The molecule has 0 aliphatic carbocycles. The number of nitrogens with one attached hydrogen (secondary N) is 3. The van der Waals surface area contributed by atoms with Crippen LogP contribution in [0.1, 0.15) is 17.3 Å². The number of hydrogen-bond donors (Lipinski definition) is 3. The van der Waals surface area contributed by atoms with E-state index in [9.17, 15) is 4.79 Å². The van der Waals surface area contributed by atoms with E-state index < -0.39 is 0 Å². The molecule has 0 saturated carbocycles. The molecule has 0 bridgehead atoms. The van der Waals surface area contributed by atoms with E-state index in [1.54, 1.807) is 0 Å². The summed E-state index contributed by atoms with van der Waals surface area (Å²) < 4.78 is 5.66. The highest BCUT2D eigenvalue weighted by Crippen LogP contribution is 2.38. The zero-order valence-electron chi connectivity index (χ0n) is 17.2. The minimum atomic E-state index is -0.187. The molecule has 0 spiro atoms. The Bertz CT molecular complexity index is 1190. The topological polar surface area (TPSA) is 62.4 Å². The molecule has 1 heterocycles. The molecular formula is C26H23N3O2. The molecular weight excluding hydrogens is 386 g/mol. The predicted octanol–water partition coefficient (Wildman–Crippen LogP) is 5.70. The van der Waals surface area contributed by atoms with Crippen LogP contribution in [0.3, 0.4) is 0 Å². The lowest BCUT2D eigenvalue weighted by Gasteiger charge is -2.29. The molecule has 154 valence electrons. The van der Waals surface area contributed by atoms with Crippen LogP contribution >= 0.6 is 0 Å². The molecule has 0 radical (unpaired) electrons. The number of anilines is 3. The molecule has 0 atom stereocenters. The van der Waals surface area contributed by atoms with Crippen molar-refractivity contribution in [2.24, 2.45) is 0 Å². The number of aryl methyl sites for hydroxylation is 1. The van der Waals surface area contributed by atoms with Crippen LogP contribution in [0.15, 0.2) is 84.9 Å². The third kappa shape index (κ3) is 4.03. The van der Waals surface area contributed by atoms with E-state index >= 15 is 0 Å². The van der Waals surface area contributed by atoms with Gasteiger partial charge in [0.05, 0.1) is 0 Å². The molecule has 3 N–H and O–H groups in total. The van der Waals surface area contributed by atoms with Gasteiger partial charge in [0.15, 0.2) is 6.61 Å². The Morgan fingerprint density at radius 3 is 2.16 bits per heavy atom. The summed E-state index contributed by atoms with van der Waals surface area (Å²) in [6, 6.07) is 28.0. The smallest absolute Gasteiger partial charge is 0.262 e. The highest BCUT2D eigenvalue weighted by Gasteiger charge is 2.20. The van der Waals surface area contributed by atoms with Gasteiger partial charge in [-0.3, -0.25) is 4.79 Å². The highest BCUT2D eigenvalue weighted by atomic mass is 16.5. The largest absolute Gasteiger partial charge is 0.484 e. The Labute approximate surface area is 181 Å². The van der Waals surface area contributed by atoms with Crippen molar-refractivity contribution in [2.45, 2.75) is 13.1 Å². The van der Waals surface area contributed by atoms with Crippen LogP contribution in [0.25, 0.3) is 10.8 Å². The highest BCUT2D eigenvalue weighted by molar-refractivity contribution is 6.04. The fourth-order valence-corrected chi connectivity index (χ4v) is 3.83. The van der Waals surface area contributed by atoms with Crippen LogP contribution in [-0.2, 0) is 4.79 Å². The van der Waals surface area contributed by atoms with Crippen molar-refractivity contribution < 1.29 is 9.53 Å². The molecule has 5 nitrogen and oxygen atoms in total. The lowest BCUT2D eigenvalue weighted by molar-refractivity contribution is -0.118. The Morgan fingerprint density at radius 1 is 0.871 bits per heavy atom. The van der Waals surface area contributed by atoms with E-state index in [-0.39, 0.29) is 18.7 Å². The third-order valence-corrected chi connectivity index (χ3v) is 5.42. The second-order valence-corrected chi connectivity index (χ2v) is 7.70. The zero-order valence-corrected chi connectivity index (χ0v) is 17.2. The fraction of sp³-hybridized carbons (Fsp3) is 0.115. The van der Waals surface area contributed by atoms with Crippen LogP contribution in [0.5, 0.6) is 5.75 Å². The number of rotatable bonds is 5. The van der Waals surface area contributed by atoms with Gasteiger partial charge < -0.3 is 20.7 Å². The minimum Gasteiger partial charge on any atom is -0.484 e. The normalized spacial score (nSPS) is 12.7. The van der Waals surface area contributed by atoms with Crippen LogP contribution in [0, 0.1) is 6.92 Å². The summed E-state index contributed by atoms with van der Waals surface area (Å²) >= 11 is 0. The molecule has 31 heavy (non-hydrogen) atoms. The van der Waals surface area contributed by atoms with Gasteiger partial charge >= 0.3 is 0 Å². The maximum atomic E-state index is 12.1. The van der Waals surface area contributed by atoms with E-state index in [0.717, 1.165) is 28.2 Å². The van der Waals surface area contributed by atoms with Crippen LogP contribution < -0.4 is 20.7 Å². The molecule has 5 heteroatoms. The summed E-state index contributed by atoms with van der Waals surface area (Å²) in [5.74, 6) is 0.467. The average molecular weight is 409 g/mol. The van der Waals surface area contributed by atoms with E-state index in [4.69, 9.17) is 4.74 Å². The molecule has 5 rings (SSSR count). The standard InChI is InChI=1S/C26H23N3O2/c1-17-8-12-20(13-9-17)27-24(30)16-31-21-14-10-19(11-15-21)26-28-22-6-2-4-18-5-3-7-23(29-26)25(18)22/h2-15,26,28-29H,16H2,1H3,(H,27,30). The van der Waals surface area contributed by atoms with Crippen LogP contribution in [-0.4, -0.2) is 12.5 Å². The van der Waals surface area contributed by atoms with Gasteiger partial charge in [0.2, 0.25) is 0 Å². The van der Waals surface area contributed by atoms with Crippen molar-refractivity contribution in [3.63, 3.8) is 0 Å². The van der Waals surface area contributed by atoms with E-state index in [1.165, 1.54) is 10.8 Å². The summed E-state index contributed by atoms with van der Waals surface area (Å²) in [5, 5.41) is 12.4. The van der Waals surface area contributed by atoms with E-state index in [0.29, 0.717) is 5.75 Å². The predicted molar refractivity (Wildman–Crippen MR) is 126 cm³/mol. The SMILES string of the molecule is Cc1ccc(NC(=O)COc2ccc(C3Nc4cccc5cccc(c45)N3)cc2)cc1. The molecule has 4 aromatic rings. The number of benzene rings is 4. The molecule has 1 aliphatic rings. The van der Waals surface area contributed by atoms with Gasteiger partial charge in [-0.2, -0.15) is 0 Å². The second kappa shape index (κ2) is 8.03. The van der Waals surface area contributed by atoms with Crippen molar-refractivity contribution in [1.82, 2.24) is 0 Å². The first-order valence-corrected chi connectivity index (χ1v) is 10.3. The summed E-state index contributed by atoms with van der Waals surface area (Å²) in [6.45, 7) is 1.97. The van der Waals surface area contributed by atoms with Gasteiger partial charge in [0, 0.05) is 22.4 Å². The average Bonchev–Trinajstić information content (AvgIpc) is 2.80. The number of carbonyl (C=O) groups excluding carboxylic acids is 1. The van der Waals surface area contributed by atoms with Crippen molar-refractivity contribution in [3.8, 4) is 5.75 Å². The molecule has 0 fully saturated rings. The van der Waals surface area contributed by atoms with Gasteiger partial charge in [0.1, 0.15) is 11.9 Å². The number of ether oxygens (including phenoxy) is 1. The summed E-state index contributed by atoms with van der Waals surface area (Å²) in [6.07, 6.45) is -0.0422. The number of amides is 1. The van der Waals surface area contributed by atoms with Crippen molar-refractivity contribution >= 4 is 33.7 Å². The zero-order chi connectivity index (χ0) is 21.2. The van der Waals surface area contributed by atoms with Gasteiger partial charge in [-0.15, -0.1) is 0 Å². The number of hydrogen-bond acceptors (Lipinski definition) is 4. The second-order valence-electron chi connectivity index (χ2n) is 7.70. The Kier molecular flexibility index (Phi) is 4.92. The summed E-state index contributed by atoms with van der Waals surface area (Å²) in [4.78, 5) is 12.1. The van der Waals surface area contributed by atoms with Crippen molar-refractivity contribution in [3.05, 3.63) is 96.1 Å². The van der Waals surface area contributed by atoms with Crippen molar-refractivity contribution in [1.29, 1.82) is 0 Å². The first kappa shape index (κ1) is 19.0. The monoisotopic (exact) mass is 409 g/mol. The van der Waals surface area contributed by atoms with Gasteiger partial charge in [-0.1, -0.05) is 54.1 Å². The summed E-state index contributed by atoms with van der Waals surface area (Å²) in [7, 11) is 0. The Hall–Kier alpha value is -3.99. The minimum absolute atomic E-state index is 0.0392. The van der Waals surface area contributed by atoms with Crippen molar-refractivity contribution in [2.75, 3.05) is 22.6 Å². The molecule has 0 aromatic heterocycles. The quantitative estimate of drug-likeness (QED) is 0.396. The van der Waals surface area contributed by atoms with Crippen LogP contribution in [0.4, 0.5) is 17.1 Å². The van der Waals surface area contributed by atoms with Gasteiger partial charge in [0.25, 0.3) is 5.91 Å². The maximum absolute atomic E-state index is 12.1. The molecule has 1 amide bonds. The van der Waals surface area contributed by atoms with Gasteiger partial charge in [-0.05, 0) is 54.3 Å². The fourth-order valence-electron chi connectivity index (χ4n) is 3.83. The first-order valence-electron chi connectivity index (χ1n) is 10.3. The summed E-state index contributed by atoms with van der Waals surface area (Å²) in [5.41, 5.74) is 5.23. The lowest BCUT2D eigenvalue weighted by atomic mass is 10.0. The molecule has 0 saturated heterocycles. The van der Waals surface area contributed by atoms with E-state index in [1.807, 2.05) is 55.5 Å². The molecule has 1 aliphatic heterocycles. The lowest BCUT2D eigenvalue weighted by Crippen LogP contribution is -2.23. The first-order chi connectivity index (χ1) is 15.2. The van der Waals surface area contributed by atoms with E-state index in [2.05, 4.69) is 52.3 Å². The number of carbonyl (C=O) groups is 1.